The lowest BCUT2D eigenvalue weighted by Gasteiger charge is -2.36. The minimum absolute atomic E-state index is 0.0374. The molecule has 1 aliphatic rings. The van der Waals surface area contributed by atoms with E-state index in [0.717, 1.165) is 0 Å². The number of piperidine rings is 1. The van der Waals surface area contributed by atoms with Gasteiger partial charge in [0.05, 0.1) is 17.9 Å². The second kappa shape index (κ2) is 5.61. The predicted octanol–water partition coefficient (Wildman–Crippen LogP) is 2.08. The van der Waals surface area contributed by atoms with Crippen LogP contribution in [0.4, 0.5) is 0 Å². The number of methoxy groups -OCH3 is 1. The fraction of sp³-hybridized carbons (Fsp3) is 0.538. The number of carbonyl (C=O) groups excluding carboxylic acids is 1. The summed E-state index contributed by atoms with van der Waals surface area (Å²) in [5.74, 6) is -0.459. The monoisotopic (exact) mass is 283 g/mol. The van der Waals surface area contributed by atoms with Crippen LogP contribution in [0.5, 0.6) is 5.75 Å². The summed E-state index contributed by atoms with van der Waals surface area (Å²) in [5, 5.41) is 10.8. The summed E-state index contributed by atoms with van der Waals surface area (Å²) in [6, 6.07) is 1.68. The Labute approximate surface area is 115 Å². The molecule has 1 amide bonds. The number of hydrogen-bond acceptors (Lipinski definition) is 4. The highest BCUT2D eigenvalue weighted by molar-refractivity contribution is 7.12. The van der Waals surface area contributed by atoms with E-state index < -0.39 is 5.97 Å². The first kappa shape index (κ1) is 13.9. The molecule has 0 aliphatic carbocycles. The molecule has 1 N–H and O–H groups in total. The third-order valence-corrected chi connectivity index (χ3v) is 4.40. The van der Waals surface area contributed by atoms with Gasteiger partial charge in [-0.3, -0.25) is 9.59 Å². The van der Waals surface area contributed by atoms with Crippen LogP contribution in [0.1, 0.15) is 29.4 Å². The molecule has 2 atom stereocenters. The van der Waals surface area contributed by atoms with Crippen molar-refractivity contribution in [2.24, 2.45) is 5.92 Å². The van der Waals surface area contributed by atoms with Crippen LogP contribution in [0.15, 0.2) is 11.4 Å². The topological polar surface area (TPSA) is 66.8 Å². The fourth-order valence-electron chi connectivity index (χ4n) is 2.38. The second-order valence-electron chi connectivity index (χ2n) is 4.76. The fourth-order valence-corrected chi connectivity index (χ4v) is 3.19. The molecule has 1 aromatic heterocycles. The molecule has 2 rings (SSSR count). The Morgan fingerprint density at radius 3 is 2.79 bits per heavy atom. The van der Waals surface area contributed by atoms with Crippen LogP contribution in [0.2, 0.25) is 0 Å². The van der Waals surface area contributed by atoms with Gasteiger partial charge in [0.15, 0.2) is 0 Å². The number of aliphatic carboxylic acids is 1. The number of amides is 1. The molecule has 0 bridgehead atoms. The average molecular weight is 283 g/mol. The third-order valence-electron chi connectivity index (χ3n) is 3.51. The summed E-state index contributed by atoms with van der Waals surface area (Å²) in [7, 11) is 1.57. The Hall–Kier alpha value is -1.56. The van der Waals surface area contributed by atoms with Gasteiger partial charge < -0.3 is 14.7 Å². The zero-order valence-corrected chi connectivity index (χ0v) is 11.8. The Bertz CT molecular complexity index is 485. The average Bonchev–Trinajstić information content (AvgIpc) is 2.86. The quantitative estimate of drug-likeness (QED) is 0.922. The van der Waals surface area contributed by atoms with Gasteiger partial charge in [-0.25, -0.2) is 0 Å². The Balaban J connectivity index is 2.06. The summed E-state index contributed by atoms with van der Waals surface area (Å²) < 4.78 is 5.07. The van der Waals surface area contributed by atoms with Gasteiger partial charge >= 0.3 is 5.97 Å². The molecule has 5 nitrogen and oxygen atoms in total. The van der Waals surface area contributed by atoms with Crippen LogP contribution in [-0.2, 0) is 4.79 Å². The number of likely N-dealkylation sites (tertiary alicyclic amines) is 1. The Morgan fingerprint density at radius 1 is 1.53 bits per heavy atom. The van der Waals surface area contributed by atoms with Crippen molar-refractivity contribution in [3.05, 3.63) is 16.3 Å². The molecular formula is C13H17NO4S. The molecular weight excluding hydrogens is 266 g/mol. The van der Waals surface area contributed by atoms with Crippen molar-refractivity contribution < 1.29 is 19.4 Å². The standard InChI is InChI=1S/C13H17NO4S/c1-8-5-9(13(16)17)3-4-14(8)12(15)11-6-10(18-2)7-19-11/h6-9H,3-5H2,1-2H3,(H,16,17). The van der Waals surface area contributed by atoms with Crippen LogP contribution in [-0.4, -0.2) is 41.6 Å². The van der Waals surface area contributed by atoms with E-state index in [2.05, 4.69) is 0 Å². The van der Waals surface area contributed by atoms with E-state index in [4.69, 9.17) is 9.84 Å². The molecule has 19 heavy (non-hydrogen) atoms. The second-order valence-corrected chi connectivity index (χ2v) is 5.67. The minimum atomic E-state index is -0.767. The Kier molecular flexibility index (Phi) is 4.09. The SMILES string of the molecule is COc1csc(C(=O)N2CCC(C(=O)O)CC2C)c1. The summed E-state index contributed by atoms with van der Waals surface area (Å²) in [6.45, 7) is 2.40. The molecule has 2 unspecified atom stereocenters. The molecule has 1 aromatic rings. The van der Waals surface area contributed by atoms with Crippen molar-refractivity contribution in [3.8, 4) is 5.75 Å². The van der Waals surface area contributed by atoms with Gasteiger partial charge in [0, 0.05) is 24.0 Å². The van der Waals surface area contributed by atoms with E-state index >= 15 is 0 Å². The molecule has 0 saturated carbocycles. The van der Waals surface area contributed by atoms with Crippen molar-refractivity contribution in [3.63, 3.8) is 0 Å². The van der Waals surface area contributed by atoms with Crippen LogP contribution in [0.25, 0.3) is 0 Å². The number of carboxylic acids is 1. The van der Waals surface area contributed by atoms with Crippen LogP contribution < -0.4 is 4.74 Å². The summed E-state index contributed by atoms with van der Waals surface area (Å²) >= 11 is 1.35. The lowest BCUT2D eigenvalue weighted by atomic mass is 9.91. The van der Waals surface area contributed by atoms with Gasteiger partial charge in [-0.15, -0.1) is 11.3 Å². The maximum atomic E-state index is 12.3. The number of thiophene rings is 1. The maximum Gasteiger partial charge on any atom is 0.306 e. The van der Waals surface area contributed by atoms with Gasteiger partial charge in [-0.1, -0.05) is 0 Å². The number of rotatable bonds is 3. The molecule has 6 heteroatoms. The smallest absolute Gasteiger partial charge is 0.306 e. The summed E-state index contributed by atoms with van der Waals surface area (Å²) in [4.78, 5) is 25.7. The number of carbonyl (C=O) groups is 2. The van der Waals surface area contributed by atoms with Gasteiger partial charge in [-0.05, 0) is 19.8 Å². The maximum absolute atomic E-state index is 12.3. The van der Waals surface area contributed by atoms with Crippen molar-refractivity contribution in [2.45, 2.75) is 25.8 Å². The van der Waals surface area contributed by atoms with Gasteiger partial charge in [0.25, 0.3) is 5.91 Å². The third kappa shape index (κ3) is 2.89. The molecule has 0 radical (unpaired) electrons. The number of hydrogen-bond donors (Lipinski definition) is 1. The van der Waals surface area contributed by atoms with Crippen molar-refractivity contribution in [2.75, 3.05) is 13.7 Å². The summed E-state index contributed by atoms with van der Waals surface area (Å²) in [6.07, 6.45) is 1.04. The van der Waals surface area contributed by atoms with Crippen molar-refractivity contribution in [1.29, 1.82) is 0 Å². The minimum Gasteiger partial charge on any atom is -0.496 e. The Morgan fingerprint density at radius 2 is 2.26 bits per heavy atom. The van der Waals surface area contributed by atoms with E-state index in [1.165, 1.54) is 11.3 Å². The molecule has 0 aromatic carbocycles. The number of nitrogens with zero attached hydrogens (tertiary/aromatic N) is 1. The van der Waals surface area contributed by atoms with E-state index in [-0.39, 0.29) is 17.9 Å². The van der Waals surface area contributed by atoms with Crippen molar-refractivity contribution >= 4 is 23.2 Å². The summed E-state index contributed by atoms with van der Waals surface area (Å²) in [5.41, 5.74) is 0. The lowest BCUT2D eigenvalue weighted by molar-refractivity contribution is -0.143. The highest BCUT2D eigenvalue weighted by Gasteiger charge is 2.33. The van der Waals surface area contributed by atoms with Gasteiger partial charge in [0.1, 0.15) is 5.75 Å². The molecule has 2 heterocycles. The van der Waals surface area contributed by atoms with Gasteiger partial charge in [-0.2, -0.15) is 0 Å². The number of carboxylic acid groups (broad SMARTS) is 1. The van der Waals surface area contributed by atoms with E-state index in [1.807, 2.05) is 6.92 Å². The normalized spacial score (nSPS) is 23.2. The zero-order valence-electron chi connectivity index (χ0n) is 11.0. The highest BCUT2D eigenvalue weighted by Crippen LogP contribution is 2.28. The zero-order chi connectivity index (χ0) is 14.0. The first-order valence-electron chi connectivity index (χ1n) is 6.19. The highest BCUT2D eigenvalue weighted by atomic mass is 32.1. The van der Waals surface area contributed by atoms with Crippen LogP contribution in [0, 0.1) is 5.92 Å². The number of ether oxygens (including phenoxy) is 1. The van der Waals surface area contributed by atoms with Crippen molar-refractivity contribution in [1.82, 2.24) is 4.90 Å². The predicted molar refractivity (Wildman–Crippen MR) is 71.7 cm³/mol. The molecule has 104 valence electrons. The van der Waals surface area contributed by atoms with E-state index in [0.29, 0.717) is 30.0 Å². The molecule has 1 saturated heterocycles. The van der Waals surface area contributed by atoms with Crippen LogP contribution >= 0.6 is 11.3 Å². The van der Waals surface area contributed by atoms with E-state index in [1.54, 1.807) is 23.5 Å². The lowest BCUT2D eigenvalue weighted by Crippen LogP contribution is -2.45. The molecule has 1 aliphatic heterocycles. The first-order valence-corrected chi connectivity index (χ1v) is 7.07. The molecule has 1 fully saturated rings. The van der Waals surface area contributed by atoms with Crippen LogP contribution in [0.3, 0.4) is 0 Å². The van der Waals surface area contributed by atoms with Gasteiger partial charge in [0.2, 0.25) is 0 Å². The largest absolute Gasteiger partial charge is 0.496 e. The first-order chi connectivity index (χ1) is 9.02. The molecule has 0 spiro atoms. The van der Waals surface area contributed by atoms with E-state index in [9.17, 15) is 9.59 Å².